The molecule has 0 saturated carbocycles. The molecule has 2 aliphatic heterocycles. The molecule has 2 aliphatic rings. The predicted octanol–water partition coefficient (Wildman–Crippen LogP) is 1.59. The number of aromatic nitrogens is 2. The summed E-state index contributed by atoms with van der Waals surface area (Å²) in [6, 6.07) is 2.08. The summed E-state index contributed by atoms with van der Waals surface area (Å²) in [5.74, 6) is 0.789. The van der Waals surface area contributed by atoms with Crippen molar-refractivity contribution in [2.24, 2.45) is 5.92 Å². The predicted molar refractivity (Wildman–Crippen MR) is 103 cm³/mol. The number of likely N-dealkylation sites (tertiary alicyclic amines) is 1. The first-order valence-corrected chi connectivity index (χ1v) is 10.0. The molecule has 7 nitrogen and oxygen atoms in total. The van der Waals surface area contributed by atoms with Crippen LogP contribution in [0.4, 0.5) is 4.79 Å². The molecular formula is C19H34N6O. The van der Waals surface area contributed by atoms with Gasteiger partial charge in [0.25, 0.3) is 0 Å². The molecule has 1 aromatic heterocycles. The molecule has 1 saturated heterocycles. The Morgan fingerprint density at radius 3 is 2.85 bits per heavy atom. The summed E-state index contributed by atoms with van der Waals surface area (Å²) in [5, 5.41) is 7.60. The molecule has 0 aromatic carbocycles. The van der Waals surface area contributed by atoms with Gasteiger partial charge in [0, 0.05) is 46.8 Å². The SMILES string of the molecule is CCN1CCC[C@H](CN2CCCn3nc(CNC(=O)N(C)C)cc3C2)C1. The molecule has 0 unspecified atom stereocenters. The number of urea groups is 1. The van der Waals surface area contributed by atoms with E-state index in [9.17, 15) is 4.79 Å². The van der Waals surface area contributed by atoms with Gasteiger partial charge in [-0.1, -0.05) is 6.92 Å². The summed E-state index contributed by atoms with van der Waals surface area (Å²) in [7, 11) is 3.50. The van der Waals surface area contributed by atoms with Gasteiger partial charge in [0.1, 0.15) is 0 Å². The summed E-state index contributed by atoms with van der Waals surface area (Å²) in [6.07, 6.45) is 3.83. The minimum absolute atomic E-state index is 0.0763. The minimum atomic E-state index is -0.0763. The third kappa shape index (κ3) is 4.98. The van der Waals surface area contributed by atoms with Crippen molar-refractivity contribution in [1.82, 2.24) is 29.8 Å². The van der Waals surface area contributed by atoms with E-state index in [4.69, 9.17) is 5.10 Å². The summed E-state index contributed by atoms with van der Waals surface area (Å²) in [5.41, 5.74) is 2.23. The van der Waals surface area contributed by atoms with E-state index in [1.807, 2.05) is 0 Å². The lowest BCUT2D eigenvalue weighted by molar-refractivity contribution is 0.134. The standard InChI is InChI=1S/C19H34N6O/c1-4-23-8-5-7-16(13-23)14-24-9-6-10-25-18(15-24)11-17(21-25)12-20-19(26)22(2)3/h11,16H,4-10,12-15H2,1-3H3,(H,20,26)/t16-/m0/s1. The number of piperidine rings is 1. The Labute approximate surface area is 157 Å². The van der Waals surface area contributed by atoms with Crippen LogP contribution in [0.25, 0.3) is 0 Å². The van der Waals surface area contributed by atoms with Crippen molar-refractivity contribution in [2.75, 3.05) is 46.8 Å². The van der Waals surface area contributed by atoms with Crippen LogP contribution in [0.3, 0.4) is 0 Å². The van der Waals surface area contributed by atoms with Gasteiger partial charge in [0.05, 0.1) is 17.9 Å². The van der Waals surface area contributed by atoms with E-state index in [0.717, 1.165) is 37.7 Å². The molecule has 3 rings (SSSR count). The summed E-state index contributed by atoms with van der Waals surface area (Å²) in [6.45, 7) is 10.7. The molecule has 0 aliphatic carbocycles. The molecular weight excluding hydrogens is 328 g/mol. The van der Waals surface area contributed by atoms with Gasteiger partial charge >= 0.3 is 6.03 Å². The van der Waals surface area contributed by atoms with E-state index in [1.54, 1.807) is 19.0 Å². The topological polar surface area (TPSA) is 56.6 Å². The number of aryl methyl sites for hydroxylation is 1. The van der Waals surface area contributed by atoms with Crippen molar-refractivity contribution in [3.63, 3.8) is 0 Å². The lowest BCUT2D eigenvalue weighted by atomic mass is 9.97. The molecule has 1 atom stereocenters. The maximum Gasteiger partial charge on any atom is 0.317 e. The maximum atomic E-state index is 11.7. The number of carbonyl (C=O) groups excluding carboxylic acids is 1. The van der Waals surface area contributed by atoms with Crippen LogP contribution in [-0.4, -0.2) is 77.3 Å². The van der Waals surface area contributed by atoms with Crippen molar-refractivity contribution in [2.45, 2.75) is 45.8 Å². The highest BCUT2D eigenvalue weighted by molar-refractivity contribution is 5.73. The van der Waals surface area contributed by atoms with Gasteiger partial charge in [-0.2, -0.15) is 5.10 Å². The summed E-state index contributed by atoms with van der Waals surface area (Å²) < 4.78 is 2.14. The number of amides is 2. The molecule has 3 heterocycles. The van der Waals surface area contributed by atoms with Crippen molar-refractivity contribution >= 4 is 6.03 Å². The van der Waals surface area contributed by atoms with Crippen LogP contribution in [0.15, 0.2) is 6.07 Å². The second-order valence-electron chi connectivity index (χ2n) is 7.89. The highest BCUT2D eigenvalue weighted by atomic mass is 16.2. The van der Waals surface area contributed by atoms with Crippen molar-refractivity contribution in [3.05, 3.63) is 17.5 Å². The van der Waals surface area contributed by atoms with Gasteiger partial charge in [-0.3, -0.25) is 9.58 Å². The molecule has 7 heteroatoms. The Balaban J connectivity index is 1.56. The highest BCUT2D eigenvalue weighted by Gasteiger charge is 2.23. The van der Waals surface area contributed by atoms with Crippen LogP contribution >= 0.6 is 0 Å². The zero-order valence-electron chi connectivity index (χ0n) is 16.6. The molecule has 0 spiro atoms. The van der Waals surface area contributed by atoms with Crippen LogP contribution in [0.2, 0.25) is 0 Å². The van der Waals surface area contributed by atoms with Crippen LogP contribution in [0.1, 0.15) is 37.6 Å². The maximum absolute atomic E-state index is 11.7. The fourth-order valence-corrected chi connectivity index (χ4v) is 4.11. The molecule has 1 aromatic rings. The second-order valence-corrected chi connectivity index (χ2v) is 7.89. The van der Waals surface area contributed by atoms with Gasteiger partial charge in [-0.05, 0) is 44.3 Å². The Morgan fingerprint density at radius 2 is 2.08 bits per heavy atom. The van der Waals surface area contributed by atoms with Gasteiger partial charge in [-0.15, -0.1) is 0 Å². The van der Waals surface area contributed by atoms with E-state index in [-0.39, 0.29) is 6.03 Å². The first-order chi connectivity index (χ1) is 12.5. The van der Waals surface area contributed by atoms with E-state index in [0.29, 0.717) is 6.54 Å². The summed E-state index contributed by atoms with van der Waals surface area (Å²) in [4.78, 5) is 18.4. The van der Waals surface area contributed by atoms with Gasteiger partial charge in [0.15, 0.2) is 0 Å². The Kier molecular flexibility index (Phi) is 6.53. The fourth-order valence-electron chi connectivity index (χ4n) is 4.11. The zero-order valence-corrected chi connectivity index (χ0v) is 16.6. The van der Waals surface area contributed by atoms with Gasteiger partial charge in [-0.25, -0.2) is 4.79 Å². The third-order valence-corrected chi connectivity index (χ3v) is 5.54. The summed E-state index contributed by atoms with van der Waals surface area (Å²) >= 11 is 0. The number of nitrogens with one attached hydrogen (secondary N) is 1. The van der Waals surface area contributed by atoms with E-state index >= 15 is 0 Å². The normalized spacial score (nSPS) is 21.9. The Bertz CT molecular complexity index is 599. The number of fused-ring (bicyclic) bond motifs is 1. The van der Waals surface area contributed by atoms with Gasteiger partial charge < -0.3 is 15.1 Å². The van der Waals surface area contributed by atoms with E-state index in [1.165, 1.54) is 44.7 Å². The van der Waals surface area contributed by atoms with Crippen LogP contribution in [0.5, 0.6) is 0 Å². The van der Waals surface area contributed by atoms with E-state index in [2.05, 4.69) is 32.8 Å². The number of carbonyl (C=O) groups is 1. The number of hydrogen-bond donors (Lipinski definition) is 1. The van der Waals surface area contributed by atoms with Crippen LogP contribution in [0, 0.1) is 5.92 Å². The average Bonchev–Trinajstić information content (AvgIpc) is 2.91. The van der Waals surface area contributed by atoms with E-state index < -0.39 is 0 Å². The van der Waals surface area contributed by atoms with Crippen LogP contribution < -0.4 is 5.32 Å². The lowest BCUT2D eigenvalue weighted by Gasteiger charge is -2.34. The number of hydrogen-bond acceptors (Lipinski definition) is 4. The Morgan fingerprint density at radius 1 is 1.27 bits per heavy atom. The molecule has 0 bridgehead atoms. The monoisotopic (exact) mass is 362 g/mol. The van der Waals surface area contributed by atoms with Crippen molar-refractivity contribution in [3.8, 4) is 0 Å². The highest BCUT2D eigenvalue weighted by Crippen LogP contribution is 2.20. The van der Waals surface area contributed by atoms with Gasteiger partial charge in [0.2, 0.25) is 0 Å². The van der Waals surface area contributed by atoms with Crippen molar-refractivity contribution < 1.29 is 4.79 Å². The number of nitrogens with zero attached hydrogens (tertiary/aromatic N) is 5. The number of rotatable bonds is 5. The zero-order chi connectivity index (χ0) is 18.5. The minimum Gasteiger partial charge on any atom is -0.332 e. The lowest BCUT2D eigenvalue weighted by Crippen LogP contribution is -2.40. The smallest absolute Gasteiger partial charge is 0.317 e. The third-order valence-electron chi connectivity index (χ3n) is 5.54. The molecule has 0 radical (unpaired) electrons. The average molecular weight is 363 g/mol. The second kappa shape index (κ2) is 8.86. The molecule has 2 amide bonds. The first-order valence-electron chi connectivity index (χ1n) is 10.0. The molecule has 1 N–H and O–H groups in total. The molecule has 1 fully saturated rings. The van der Waals surface area contributed by atoms with Crippen LogP contribution in [-0.2, 0) is 19.6 Å². The van der Waals surface area contributed by atoms with Crippen molar-refractivity contribution in [1.29, 1.82) is 0 Å². The first kappa shape index (κ1) is 19.2. The molecule has 146 valence electrons. The Hall–Kier alpha value is -1.60. The largest absolute Gasteiger partial charge is 0.332 e. The fraction of sp³-hybridized carbons (Fsp3) is 0.789. The molecule has 26 heavy (non-hydrogen) atoms. The quantitative estimate of drug-likeness (QED) is 0.864.